The lowest BCUT2D eigenvalue weighted by atomic mass is 9.75. The number of Topliss-reactive ketones (excluding diaryl/α,β-unsaturated/α-hetero) is 1. The van der Waals surface area contributed by atoms with E-state index in [1.54, 1.807) is 0 Å². The third-order valence-electron chi connectivity index (χ3n) is 4.86. The summed E-state index contributed by atoms with van der Waals surface area (Å²) in [6.45, 7) is 4.15. The Labute approximate surface area is 169 Å². The molecule has 3 aromatic heterocycles. The van der Waals surface area contributed by atoms with Crippen molar-refractivity contribution >= 4 is 33.3 Å². The van der Waals surface area contributed by atoms with Crippen LogP contribution in [0.3, 0.4) is 0 Å². The molecule has 1 amide bonds. The van der Waals surface area contributed by atoms with E-state index in [4.69, 9.17) is 0 Å². The van der Waals surface area contributed by atoms with E-state index in [0.29, 0.717) is 29.8 Å². The zero-order valence-electron chi connectivity index (χ0n) is 15.5. The van der Waals surface area contributed by atoms with Crippen molar-refractivity contribution in [2.45, 2.75) is 33.2 Å². The molecule has 1 aliphatic carbocycles. The molecule has 1 aliphatic rings. The van der Waals surface area contributed by atoms with E-state index in [0.717, 1.165) is 10.1 Å². The number of nitrogens with zero attached hydrogens (tertiary/aromatic N) is 2. The molecule has 0 saturated heterocycles. The zero-order valence-corrected chi connectivity index (χ0v) is 17.1. The van der Waals surface area contributed by atoms with Crippen molar-refractivity contribution in [3.05, 3.63) is 67.9 Å². The van der Waals surface area contributed by atoms with Gasteiger partial charge in [-0.15, -0.1) is 0 Å². The largest absolute Gasteiger partial charge is 0.346 e. The smallest absolute Gasteiger partial charge is 0.261 e. The minimum atomic E-state index is -0.528. The van der Waals surface area contributed by atoms with Crippen molar-refractivity contribution in [3.8, 4) is 0 Å². The predicted molar refractivity (Wildman–Crippen MR) is 108 cm³/mol. The lowest BCUT2D eigenvalue weighted by Gasteiger charge is -2.29. The number of aromatic nitrogens is 3. The molecule has 8 heteroatoms. The molecule has 0 radical (unpaired) electrons. The molecule has 2 N–H and O–H groups in total. The highest BCUT2D eigenvalue weighted by molar-refractivity contribution is 9.10. The molecule has 0 spiro atoms. The van der Waals surface area contributed by atoms with E-state index >= 15 is 0 Å². The maximum atomic E-state index is 12.5. The van der Waals surface area contributed by atoms with Crippen molar-refractivity contribution in [2.24, 2.45) is 5.41 Å². The molecule has 3 heterocycles. The van der Waals surface area contributed by atoms with E-state index in [-0.39, 0.29) is 23.3 Å². The van der Waals surface area contributed by atoms with Crippen molar-refractivity contribution in [1.29, 1.82) is 0 Å². The van der Waals surface area contributed by atoms with Gasteiger partial charge in [-0.1, -0.05) is 13.8 Å². The summed E-state index contributed by atoms with van der Waals surface area (Å²) < 4.78 is 2.76. The summed E-state index contributed by atoms with van der Waals surface area (Å²) in [5.41, 5.74) is 1.72. The second-order valence-electron chi connectivity index (χ2n) is 7.87. The van der Waals surface area contributed by atoms with E-state index in [9.17, 15) is 14.4 Å². The average Bonchev–Trinajstić information content (AvgIpc) is 3.00. The summed E-state index contributed by atoms with van der Waals surface area (Å²) in [7, 11) is 0. The summed E-state index contributed by atoms with van der Waals surface area (Å²) in [6.07, 6.45) is 4.67. The Bertz CT molecular complexity index is 1180. The van der Waals surface area contributed by atoms with Gasteiger partial charge in [-0.25, -0.2) is 4.98 Å². The first kappa shape index (κ1) is 18.6. The molecule has 0 aliphatic heterocycles. The van der Waals surface area contributed by atoms with Crippen LogP contribution in [0.1, 0.15) is 52.4 Å². The van der Waals surface area contributed by atoms with Crippen LogP contribution in [0.5, 0.6) is 0 Å². The monoisotopic (exact) mass is 442 g/mol. The summed E-state index contributed by atoms with van der Waals surface area (Å²) in [6, 6.07) is 5.16. The van der Waals surface area contributed by atoms with Gasteiger partial charge in [0.1, 0.15) is 11.2 Å². The first-order valence-electron chi connectivity index (χ1n) is 8.93. The Morgan fingerprint density at radius 1 is 1.29 bits per heavy atom. The third kappa shape index (κ3) is 3.52. The number of pyridine rings is 2. The minimum Gasteiger partial charge on any atom is -0.346 e. The van der Waals surface area contributed by atoms with Gasteiger partial charge in [0.25, 0.3) is 11.5 Å². The van der Waals surface area contributed by atoms with Gasteiger partial charge in [-0.2, -0.15) is 0 Å². The van der Waals surface area contributed by atoms with Crippen molar-refractivity contribution < 1.29 is 9.59 Å². The first-order valence-corrected chi connectivity index (χ1v) is 9.72. The maximum Gasteiger partial charge on any atom is 0.261 e. The van der Waals surface area contributed by atoms with Crippen LogP contribution in [0.15, 0.2) is 39.9 Å². The average molecular weight is 443 g/mol. The Balaban J connectivity index is 1.55. The zero-order chi connectivity index (χ0) is 20.1. The predicted octanol–water partition coefficient (Wildman–Crippen LogP) is 2.87. The number of halogens is 1. The van der Waals surface area contributed by atoms with Crippen LogP contribution in [0.2, 0.25) is 0 Å². The SMILES string of the molecule is CC1(C)CC(=O)c2cc(C(=O)NCc3cn4cc(Br)ccc4n3)c(=O)[nH]c2C1. The van der Waals surface area contributed by atoms with E-state index < -0.39 is 11.5 Å². The summed E-state index contributed by atoms with van der Waals surface area (Å²) >= 11 is 3.40. The Morgan fingerprint density at radius 2 is 2.07 bits per heavy atom. The van der Waals surface area contributed by atoms with Crippen LogP contribution in [0, 0.1) is 5.41 Å². The molecule has 3 aromatic rings. The van der Waals surface area contributed by atoms with Gasteiger partial charge in [0, 0.05) is 34.5 Å². The minimum absolute atomic E-state index is 0.0533. The highest BCUT2D eigenvalue weighted by Gasteiger charge is 2.32. The van der Waals surface area contributed by atoms with Gasteiger partial charge < -0.3 is 14.7 Å². The molecule has 0 bridgehead atoms. The van der Waals surface area contributed by atoms with Crippen LogP contribution < -0.4 is 10.9 Å². The Kier molecular flexibility index (Phi) is 4.45. The number of fused-ring (bicyclic) bond motifs is 2. The molecular formula is C20H19BrN4O3. The molecule has 144 valence electrons. The lowest BCUT2D eigenvalue weighted by molar-refractivity contribution is 0.0910. The van der Waals surface area contributed by atoms with E-state index in [1.807, 2.05) is 42.8 Å². The number of hydrogen-bond donors (Lipinski definition) is 2. The number of amides is 1. The topological polar surface area (TPSA) is 96.3 Å². The van der Waals surface area contributed by atoms with E-state index in [1.165, 1.54) is 6.07 Å². The first-order chi connectivity index (χ1) is 13.2. The molecule has 4 rings (SSSR count). The van der Waals surface area contributed by atoms with Gasteiger partial charge in [-0.05, 0) is 46.0 Å². The fraction of sp³-hybridized carbons (Fsp3) is 0.300. The second kappa shape index (κ2) is 6.70. The molecule has 7 nitrogen and oxygen atoms in total. The van der Waals surface area contributed by atoms with Gasteiger partial charge in [-0.3, -0.25) is 14.4 Å². The number of nitrogens with one attached hydrogen (secondary N) is 2. The number of carbonyl (C=O) groups excluding carboxylic acids is 2. The van der Waals surface area contributed by atoms with Crippen LogP contribution in [-0.2, 0) is 13.0 Å². The second-order valence-corrected chi connectivity index (χ2v) is 8.79. The van der Waals surface area contributed by atoms with E-state index in [2.05, 4.69) is 31.2 Å². The lowest BCUT2D eigenvalue weighted by Crippen LogP contribution is -2.34. The molecule has 0 aromatic carbocycles. The molecule has 0 fully saturated rings. The molecule has 0 atom stereocenters. The molecule has 0 saturated carbocycles. The number of ketones is 1. The molecule has 0 unspecified atom stereocenters. The van der Waals surface area contributed by atoms with Crippen LogP contribution in [0.25, 0.3) is 5.65 Å². The fourth-order valence-corrected chi connectivity index (χ4v) is 3.92. The maximum absolute atomic E-state index is 12.5. The van der Waals surface area contributed by atoms with Crippen molar-refractivity contribution in [1.82, 2.24) is 19.7 Å². The quantitative estimate of drug-likeness (QED) is 0.651. The standard InChI is InChI=1S/C20H19BrN4O3/c1-20(2)6-15-13(16(26)7-20)5-14(19(28)24-15)18(27)22-8-12-10-25-9-11(21)3-4-17(25)23-12/h3-5,9-10H,6-8H2,1-2H3,(H,22,27)(H,24,28). The number of carbonyl (C=O) groups is 2. The van der Waals surface area contributed by atoms with Gasteiger partial charge in [0.15, 0.2) is 5.78 Å². The number of H-pyrrole nitrogens is 1. The summed E-state index contributed by atoms with van der Waals surface area (Å²) in [5, 5.41) is 2.71. The van der Waals surface area contributed by atoms with Gasteiger partial charge >= 0.3 is 0 Å². The number of imidazole rings is 1. The Hall–Kier alpha value is -2.74. The van der Waals surface area contributed by atoms with Crippen LogP contribution >= 0.6 is 15.9 Å². The van der Waals surface area contributed by atoms with Crippen molar-refractivity contribution in [2.75, 3.05) is 0 Å². The molecular weight excluding hydrogens is 424 g/mol. The summed E-state index contributed by atoms with van der Waals surface area (Å²) in [4.78, 5) is 44.5. The number of rotatable bonds is 3. The number of aromatic amines is 1. The van der Waals surface area contributed by atoms with Gasteiger partial charge in [0.05, 0.1) is 12.2 Å². The third-order valence-corrected chi connectivity index (χ3v) is 5.33. The Morgan fingerprint density at radius 3 is 2.86 bits per heavy atom. The highest BCUT2D eigenvalue weighted by Crippen LogP contribution is 2.33. The summed E-state index contributed by atoms with van der Waals surface area (Å²) in [5.74, 6) is -0.581. The van der Waals surface area contributed by atoms with Crippen LogP contribution in [0.4, 0.5) is 0 Å². The fourth-order valence-electron chi connectivity index (χ4n) is 3.56. The van der Waals surface area contributed by atoms with Crippen molar-refractivity contribution in [3.63, 3.8) is 0 Å². The normalized spacial score (nSPS) is 15.5. The number of hydrogen-bond acceptors (Lipinski definition) is 4. The van der Waals surface area contributed by atoms with Crippen LogP contribution in [-0.4, -0.2) is 26.1 Å². The molecule has 28 heavy (non-hydrogen) atoms. The van der Waals surface area contributed by atoms with Gasteiger partial charge in [0.2, 0.25) is 0 Å². The highest BCUT2D eigenvalue weighted by atomic mass is 79.9.